The Morgan fingerprint density at radius 3 is 0.708 bits per heavy atom. The number of hydrogen-bond acceptors (Lipinski definition) is 11. The first-order valence-corrected chi connectivity index (χ1v) is 52.1. The molecule has 15 nitrogen and oxygen atoms in total. The molecule has 10 aliphatic rings. The molecule has 0 unspecified atom stereocenters. The monoisotopic (exact) mass is 2040 g/mol. The summed E-state index contributed by atoms with van der Waals surface area (Å²) in [6.07, 6.45) is 41.0. The number of anilines is 4. The molecule has 10 aliphatic carbocycles. The van der Waals surface area contributed by atoms with Crippen LogP contribution in [-0.4, -0.2) is 53.7 Å². The fourth-order valence-electron chi connectivity index (χ4n) is 25.8. The maximum Gasteiger partial charge on any atom is 0.306 e. The van der Waals surface area contributed by atoms with E-state index in [9.17, 15) is 41.1 Å². The number of amides is 3. The predicted molar refractivity (Wildman–Crippen MR) is 567 cm³/mol. The van der Waals surface area contributed by atoms with Crippen LogP contribution in [0.25, 0.3) is 54.5 Å². The van der Waals surface area contributed by atoms with Gasteiger partial charge in [-0.25, -0.2) is 22.0 Å². The molecule has 0 bridgehead atoms. The number of nitrogen functional groups attached to an aromatic ring is 1. The number of carbonyl (C=O) groups is 4. The second-order valence-corrected chi connectivity index (χ2v) is 44.5. The molecule has 14 aromatic rings. The summed E-state index contributed by atoms with van der Waals surface area (Å²) < 4.78 is 68.6. The molecule has 144 heavy (non-hydrogen) atoms. The molecule has 744 valence electrons. The minimum atomic E-state index is -0.645. The topological polar surface area (TPSA) is 239 Å². The maximum atomic E-state index is 13.8. The Balaban J connectivity index is 0.000000116. The summed E-state index contributed by atoms with van der Waals surface area (Å²) >= 11 is 23.3. The Hall–Kier alpha value is -11.7. The molecular formula is C119H118Cl5F5N10O5. The molecule has 9 aromatic carbocycles. The average Bonchev–Trinajstić information content (AvgIpc) is 0.762. The number of aromatic nitrogens is 5. The second kappa shape index (κ2) is 44.3. The summed E-state index contributed by atoms with van der Waals surface area (Å²) in [6, 6.07) is 65.6. The van der Waals surface area contributed by atoms with E-state index in [0.717, 1.165) is 262 Å². The Labute approximate surface area is 863 Å². The molecule has 10 saturated carbocycles. The second-order valence-electron chi connectivity index (χ2n) is 42.7. The van der Waals surface area contributed by atoms with Crippen LogP contribution in [0.5, 0.6) is 0 Å². The highest BCUT2D eigenvalue weighted by atomic mass is 35.5. The summed E-state index contributed by atoms with van der Waals surface area (Å²) in [6.45, 7) is 0. The van der Waals surface area contributed by atoms with Crippen LogP contribution in [0, 0.1) is 97.1 Å². The van der Waals surface area contributed by atoms with Crippen LogP contribution in [0.3, 0.4) is 0 Å². The number of carboxylic acids is 1. The fraction of sp³-hybridized carbons (Fsp3) is 0.378. The van der Waals surface area contributed by atoms with Crippen molar-refractivity contribution in [3.8, 4) is 6.07 Å². The minimum Gasteiger partial charge on any atom is -0.481 e. The van der Waals surface area contributed by atoms with Crippen molar-refractivity contribution in [2.45, 2.75) is 222 Å². The SMILES string of the molecule is Cl.N#CC1CC2(CCC(c3ccnc4ccc(F)cc34)CC2)C1.Nc1ccc(Cl)cc1.O=C(Nc1ccc(Cl)cc1)C1CC2(CCC(c3ccnc4ccc(F)cc34)CC2)C1.O=C(Nc1ccc(Cl)cc1)C1CC2(CCC(c3ccnc4ccc(F)cc34)CC2)C1.O=C(Nc1ccc(Cl)cc1)C1CC2(CCC(c3ccnc4ccc(F)cc34)CC2)C1.O=C(O)C1CC2(CCC(c3ccnc4ccc(F)cc34)CC2)C1. The van der Waals surface area contributed by atoms with Gasteiger partial charge >= 0.3 is 5.97 Å². The van der Waals surface area contributed by atoms with E-state index in [1.807, 2.05) is 91.6 Å². The van der Waals surface area contributed by atoms with Gasteiger partial charge in [-0.1, -0.05) is 46.4 Å². The zero-order valence-corrected chi connectivity index (χ0v) is 84.1. The molecule has 25 heteroatoms. The first kappa shape index (κ1) is 102. The van der Waals surface area contributed by atoms with Crippen molar-refractivity contribution in [2.24, 2.45) is 56.7 Å². The first-order chi connectivity index (χ1) is 69.1. The van der Waals surface area contributed by atoms with Gasteiger partial charge in [0.2, 0.25) is 17.7 Å². The van der Waals surface area contributed by atoms with Crippen LogP contribution in [0.2, 0.25) is 20.1 Å². The molecule has 0 aliphatic heterocycles. The van der Waals surface area contributed by atoms with Gasteiger partial charge in [0.05, 0.1) is 39.6 Å². The van der Waals surface area contributed by atoms with Crippen LogP contribution in [-0.2, 0) is 19.2 Å². The highest BCUT2D eigenvalue weighted by molar-refractivity contribution is 6.31. The highest BCUT2D eigenvalue weighted by Gasteiger charge is 2.54. The van der Waals surface area contributed by atoms with Crippen LogP contribution >= 0.6 is 58.8 Å². The number of nitrogens with one attached hydrogen (secondary N) is 3. The number of rotatable bonds is 12. The minimum absolute atomic E-state index is 0. The number of hydrogen-bond donors (Lipinski definition) is 5. The number of fused-ring (bicyclic) bond motifs is 5. The van der Waals surface area contributed by atoms with Crippen molar-refractivity contribution >= 4 is 160 Å². The number of nitrogens with zero attached hydrogens (tertiary/aromatic N) is 6. The van der Waals surface area contributed by atoms with E-state index in [0.29, 0.717) is 66.3 Å². The lowest BCUT2D eigenvalue weighted by Crippen LogP contribution is -2.45. The number of carbonyl (C=O) groups excluding carboxylic acids is 3. The van der Waals surface area contributed by atoms with Gasteiger partial charge in [0.25, 0.3) is 0 Å². The number of nitrogens with two attached hydrogens (primary N) is 1. The van der Waals surface area contributed by atoms with Gasteiger partial charge in [0, 0.05) is 124 Å². The van der Waals surface area contributed by atoms with E-state index in [2.05, 4.69) is 53.0 Å². The predicted octanol–water partition coefficient (Wildman–Crippen LogP) is 32.0. The van der Waals surface area contributed by atoms with Gasteiger partial charge in [-0.05, 0) is 495 Å². The first-order valence-electron chi connectivity index (χ1n) is 50.6. The summed E-state index contributed by atoms with van der Waals surface area (Å²) in [5.74, 6) is 1.30. The number of benzene rings is 9. The van der Waals surface area contributed by atoms with Gasteiger partial charge in [-0.2, -0.15) is 5.26 Å². The van der Waals surface area contributed by atoms with Gasteiger partial charge in [0.1, 0.15) is 29.1 Å². The summed E-state index contributed by atoms with van der Waals surface area (Å²) in [5, 5.41) is 34.5. The Morgan fingerprint density at radius 1 is 0.306 bits per heavy atom. The third kappa shape index (κ3) is 23.7. The lowest BCUT2D eigenvalue weighted by Gasteiger charge is -2.51. The average molecular weight is 2040 g/mol. The zero-order chi connectivity index (χ0) is 99.3. The normalized spacial score (nSPS) is 26.2. The number of pyridine rings is 5. The van der Waals surface area contributed by atoms with Gasteiger partial charge in [-0.3, -0.25) is 44.1 Å². The van der Waals surface area contributed by atoms with E-state index >= 15 is 0 Å². The number of halogens is 10. The summed E-state index contributed by atoms with van der Waals surface area (Å²) in [5.41, 5.74) is 20.5. The van der Waals surface area contributed by atoms with Crippen LogP contribution < -0.4 is 21.7 Å². The molecule has 0 saturated heterocycles. The molecule has 0 radical (unpaired) electrons. The lowest BCUT2D eigenvalue weighted by atomic mass is 9.54. The van der Waals surface area contributed by atoms with E-state index in [1.165, 1.54) is 71.0 Å². The molecule has 0 atom stereocenters. The standard InChI is InChI=1S/3C25H24ClFN2O.C19H19FN2.C19H20FNO2.C6H6ClN.ClH/c3*26-18-1-4-20(5-2-18)29-24(30)17-14-25(15-17)10-7-16(8-11-25)21-9-12-28-23-6-3-19(27)13-22(21)23;20-15-1-2-18-17(9-15)16(5-8-22-18)14-3-6-19(7-4-14)10-13(11-19)12-21;20-14-1-2-17-16(9-14)15(5-8-21-17)12-3-6-19(7-4-12)10-13(11-19)18(22)23;7-5-1-3-6(8)4-2-5;/h3*1-6,9,12-13,16-17H,7-8,10-11,14-15H2,(H,29,30);1-2,5,8-9,13-14H,3-4,6-7,10-11H2;1-2,5,8-9,12-13H,3-4,6-7,10-11H2,(H,22,23);1-4H,8H2;1H. The van der Waals surface area contributed by atoms with Crippen molar-refractivity contribution in [3.05, 3.63) is 326 Å². The molecule has 3 amide bonds. The maximum absolute atomic E-state index is 13.8. The fourth-order valence-corrected chi connectivity index (χ4v) is 26.3. The smallest absolute Gasteiger partial charge is 0.306 e. The van der Waals surface area contributed by atoms with Crippen molar-refractivity contribution in [3.63, 3.8) is 0 Å². The quantitative estimate of drug-likeness (QED) is 0.0567. The Morgan fingerprint density at radius 2 is 0.507 bits per heavy atom. The third-order valence-electron chi connectivity index (χ3n) is 33.8. The van der Waals surface area contributed by atoms with Crippen molar-refractivity contribution in [1.29, 1.82) is 5.26 Å². The van der Waals surface area contributed by atoms with E-state index in [-0.39, 0.29) is 94.2 Å². The van der Waals surface area contributed by atoms with Crippen LogP contribution in [0.15, 0.2) is 249 Å². The number of nitriles is 1. The molecule has 5 spiro atoms. The van der Waals surface area contributed by atoms with Crippen molar-refractivity contribution in [1.82, 2.24) is 24.9 Å². The lowest BCUT2D eigenvalue weighted by molar-refractivity contribution is -0.151. The largest absolute Gasteiger partial charge is 0.481 e. The summed E-state index contributed by atoms with van der Waals surface area (Å²) in [4.78, 5) is 70.6. The Kier molecular flexibility index (Phi) is 31.5. The van der Waals surface area contributed by atoms with Crippen molar-refractivity contribution < 1.29 is 46.2 Å². The van der Waals surface area contributed by atoms with Gasteiger partial charge < -0.3 is 26.8 Å². The van der Waals surface area contributed by atoms with Crippen LogP contribution in [0.1, 0.15) is 250 Å². The van der Waals surface area contributed by atoms with Gasteiger partial charge in [-0.15, -0.1) is 12.4 Å². The highest BCUT2D eigenvalue weighted by Crippen LogP contribution is 2.63. The van der Waals surface area contributed by atoms with Gasteiger partial charge in [0.15, 0.2) is 0 Å². The molecule has 10 fully saturated rings. The molecule has 5 heterocycles. The van der Waals surface area contributed by atoms with Crippen molar-refractivity contribution in [2.75, 3.05) is 21.7 Å². The number of aliphatic carboxylic acids is 1. The molecule has 6 N–H and O–H groups in total. The van der Waals surface area contributed by atoms with E-state index in [1.54, 1.807) is 121 Å². The summed E-state index contributed by atoms with van der Waals surface area (Å²) in [7, 11) is 0. The molecular weight excluding hydrogens is 1920 g/mol. The molecule has 5 aromatic heterocycles. The zero-order valence-electron chi connectivity index (χ0n) is 80.3. The van der Waals surface area contributed by atoms with E-state index in [4.69, 9.17) is 62.5 Å². The number of carboxylic acid groups (broad SMARTS) is 1. The Bertz CT molecular complexity index is 6560. The van der Waals surface area contributed by atoms with Crippen LogP contribution in [0.4, 0.5) is 44.7 Å². The third-order valence-corrected chi connectivity index (χ3v) is 34.8. The van der Waals surface area contributed by atoms with E-state index < -0.39 is 5.97 Å². The molecule has 24 rings (SSSR count).